The summed E-state index contributed by atoms with van der Waals surface area (Å²) >= 11 is 5.05. The second-order valence-corrected chi connectivity index (χ2v) is 4.47. The molecule has 0 radical (unpaired) electrons. The topological polar surface area (TPSA) is 21.7 Å². The van der Waals surface area contributed by atoms with E-state index in [4.69, 9.17) is 21.7 Å². The fourth-order valence-electron chi connectivity index (χ4n) is 1.89. The largest absolute Gasteiger partial charge is 0.490 e. The summed E-state index contributed by atoms with van der Waals surface area (Å²) in [7, 11) is 1.62. The number of ether oxygens (including phenoxy) is 2. The second-order valence-electron chi connectivity index (χ2n) is 4.02. The molecule has 0 unspecified atom stereocenters. The number of benzene rings is 1. The van der Waals surface area contributed by atoms with E-state index in [0.29, 0.717) is 11.5 Å². The number of thiocarbonyl (C=S) groups is 1. The first-order chi connectivity index (χ1) is 8.29. The van der Waals surface area contributed by atoms with Gasteiger partial charge in [-0.05, 0) is 29.9 Å². The zero-order valence-electron chi connectivity index (χ0n) is 10.0. The third-order valence-electron chi connectivity index (χ3n) is 2.89. The minimum atomic E-state index is 0.629. The van der Waals surface area contributed by atoms with Crippen molar-refractivity contribution < 1.29 is 9.47 Å². The highest BCUT2D eigenvalue weighted by Crippen LogP contribution is 2.17. The molecule has 0 saturated carbocycles. The van der Waals surface area contributed by atoms with Crippen LogP contribution in [0.4, 0.5) is 5.69 Å². The Balaban J connectivity index is 1.99. The van der Waals surface area contributed by atoms with E-state index < -0.39 is 0 Å². The van der Waals surface area contributed by atoms with Crippen LogP contribution in [0.15, 0.2) is 24.3 Å². The summed E-state index contributed by atoms with van der Waals surface area (Å²) in [5, 5.41) is 0.629. The highest BCUT2D eigenvalue weighted by atomic mass is 32.1. The van der Waals surface area contributed by atoms with Crippen molar-refractivity contribution in [1.82, 2.24) is 0 Å². The molecule has 1 aliphatic rings. The van der Waals surface area contributed by atoms with Gasteiger partial charge in [0.15, 0.2) is 5.05 Å². The molecule has 3 nitrogen and oxygen atoms in total. The lowest BCUT2D eigenvalue weighted by molar-refractivity contribution is 0.122. The van der Waals surface area contributed by atoms with Gasteiger partial charge < -0.3 is 14.4 Å². The number of hydrogen-bond donors (Lipinski definition) is 0. The lowest BCUT2D eigenvalue weighted by Crippen LogP contribution is -2.36. The molecular formula is C13H17NO2S. The first-order valence-electron chi connectivity index (χ1n) is 5.78. The Labute approximate surface area is 107 Å². The Kier molecular flexibility index (Phi) is 4.34. The molecule has 0 N–H and O–H groups in total. The minimum Gasteiger partial charge on any atom is -0.490 e. The van der Waals surface area contributed by atoms with E-state index in [2.05, 4.69) is 29.2 Å². The Morgan fingerprint density at radius 2 is 1.94 bits per heavy atom. The quantitative estimate of drug-likeness (QED) is 0.766. The maximum Gasteiger partial charge on any atom is 0.163 e. The van der Waals surface area contributed by atoms with E-state index in [0.717, 1.165) is 26.3 Å². The lowest BCUT2D eigenvalue weighted by Gasteiger charge is -2.28. The van der Waals surface area contributed by atoms with E-state index >= 15 is 0 Å². The average molecular weight is 251 g/mol. The highest BCUT2D eigenvalue weighted by Gasteiger charge is 2.10. The number of hydrogen-bond acceptors (Lipinski definition) is 4. The summed E-state index contributed by atoms with van der Waals surface area (Å²) in [6.07, 6.45) is 0.704. The predicted molar refractivity (Wildman–Crippen MR) is 72.8 cm³/mol. The van der Waals surface area contributed by atoms with Gasteiger partial charge in [-0.3, -0.25) is 0 Å². The summed E-state index contributed by atoms with van der Waals surface area (Å²) in [5.41, 5.74) is 2.44. The van der Waals surface area contributed by atoms with Crippen molar-refractivity contribution in [3.05, 3.63) is 29.8 Å². The fourth-order valence-corrected chi connectivity index (χ4v) is 2.05. The van der Waals surface area contributed by atoms with Crippen molar-refractivity contribution in [2.75, 3.05) is 38.3 Å². The number of rotatable bonds is 3. The summed E-state index contributed by atoms with van der Waals surface area (Å²) in [5.74, 6) is 0. The van der Waals surface area contributed by atoms with Crippen molar-refractivity contribution in [1.29, 1.82) is 0 Å². The molecule has 0 aromatic heterocycles. The summed E-state index contributed by atoms with van der Waals surface area (Å²) < 4.78 is 10.3. The van der Waals surface area contributed by atoms with Crippen LogP contribution in [0.25, 0.3) is 0 Å². The molecule has 1 heterocycles. The summed E-state index contributed by atoms with van der Waals surface area (Å²) in [6, 6.07) is 8.49. The smallest absolute Gasteiger partial charge is 0.163 e. The van der Waals surface area contributed by atoms with Crippen LogP contribution < -0.4 is 4.90 Å². The summed E-state index contributed by atoms with van der Waals surface area (Å²) in [6.45, 7) is 3.57. The molecule has 1 aromatic carbocycles. The number of anilines is 1. The molecule has 0 atom stereocenters. The van der Waals surface area contributed by atoms with Gasteiger partial charge in [-0.2, -0.15) is 0 Å². The van der Waals surface area contributed by atoms with Crippen LogP contribution in [0, 0.1) is 0 Å². The first-order valence-corrected chi connectivity index (χ1v) is 6.19. The maximum absolute atomic E-state index is 5.34. The van der Waals surface area contributed by atoms with Crippen molar-refractivity contribution in [3.63, 3.8) is 0 Å². The minimum absolute atomic E-state index is 0.629. The number of nitrogens with zero attached hydrogens (tertiary/aromatic N) is 1. The Morgan fingerprint density at radius 3 is 2.53 bits per heavy atom. The third-order valence-corrected chi connectivity index (χ3v) is 3.20. The van der Waals surface area contributed by atoms with Gasteiger partial charge in [-0.15, -0.1) is 0 Å². The van der Waals surface area contributed by atoms with E-state index in [-0.39, 0.29) is 0 Å². The van der Waals surface area contributed by atoms with Crippen LogP contribution in [0.1, 0.15) is 5.56 Å². The molecule has 0 bridgehead atoms. The molecule has 0 amide bonds. The standard InChI is InChI=1S/C13H17NO2S/c1-15-13(17)10-11-2-4-12(5-3-11)14-6-8-16-9-7-14/h2-5H,6-10H2,1H3. The molecule has 0 spiro atoms. The van der Waals surface area contributed by atoms with Gasteiger partial charge >= 0.3 is 0 Å². The van der Waals surface area contributed by atoms with Crippen molar-refractivity contribution in [3.8, 4) is 0 Å². The van der Waals surface area contributed by atoms with Gasteiger partial charge in [0.25, 0.3) is 0 Å². The van der Waals surface area contributed by atoms with Gasteiger partial charge in [0.1, 0.15) is 0 Å². The molecule has 1 fully saturated rings. The Bertz CT molecular complexity index is 372. The monoisotopic (exact) mass is 251 g/mol. The molecule has 1 saturated heterocycles. The molecule has 1 aromatic rings. The SMILES string of the molecule is COC(=S)Cc1ccc(N2CCOCC2)cc1. The van der Waals surface area contributed by atoms with Crippen LogP contribution in [0.2, 0.25) is 0 Å². The van der Waals surface area contributed by atoms with Crippen molar-refractivity contribution in [2.24, 2.45) is 0 Å². The van der Waals surface area contributed by atoms with Crippen LogP contribution in [-0.4, -0.2) is 38.5 Å². The first kappa shape index (κ1) is 12.3. The average Bonchev–Trinajstić information content (AvgIpc) is 2.40. The van der Waals surface area contributed by atoms with Crippen LogP contribution in [0.5, 0.6) is 0 Å². The zero-order chi connectivity index (χ0) is 12.1. The third kappa shape index (κ3) is 3.41. The second kappa shape index (κ2) is 5.98. The van der Waals surface area contributed by atoms with Crippen LogP contribution in [0.3, 0.4) is 0 Å². The van der Waals surface area contributed by atoms with Gasteiger partial charge in [0, 0.05) is 25.2 Å². The van der Waals surface area contributed by atoms with Gasteiger partial charge in [-0.1, -0.05) is 12.1 Å². The molecule has 4 heteroatoms. The number of methoxy groups -OCH3 is 1. The van der Waals surface area contributed by atoms with E-state index in [9.17, 15) is 0 Å². The van der Waals surface area contributed by atoms with E-state index in [1.165, 1.54) is 11.3 Å². The van der Waals surface area contributed by atoms with Crippen LogP contribution >= 0.6 is 12.2 Å². The molecule has 17 heavy (non-hydrogen) atoms. The predicted octanol–water partition coefficient (Wildman–Crippen LogP) is 2.04. The van der Waals surface area contributed by atoms with Gasteiger partial charge in [0.05, 0.1) is 20.3 Å². The van der Waals surface area contributed by atoms with Crippen molar-refractivity contribution >= 4 is 23.0 Å². The van der Waals surface area contributed by atoms with Gasteiger partial charge in [-0.25, -0.2) is 0 Å². The molecule has 1 aliphatic heterocycles. The Morgan fingerprint density at radius 1 is 1.29 bits per heavy atom. The molecule has 92 valence electrons. The van der Waals surface area contributed by atoms with E-state index in [1.54, 1.807) is 7.11 Å². The van der Waals surface area contributed by atoms with Gasteiger partial charge in [0.2, 0.25) is 0 Å². The number of morpholine rings is 1. The molecular weight excluding hydrogens is 234 g/mol. The van der Waals surface area contributed by atoms with E-state index in [1.807, 2.05) is 0 Å². The molecule has 0 aliphatic carbocycles. The maximum atomic E-state index is 5.34. The normalized spacial score (nSPS) is 15.7. The van der Waals surface area contributed by atoms with Crippen LogP contribution in [-0.2, 0) is 15.9 Å². The Hall–Kier alpha value is -1.13. The lowest BCUT2D eigenvalue weighted by atomic mass is 10.1. The highest BCUT2D eigenvalue weighted by molar-refractivity contribution is 7.80. The summed E-state index contributed by atoms with van der Waals surface area (Å²) in [4.78, 5) is 2.34. The molecule has 2 rings (SSSR count). The van der Waals surface area contributed by atoms with Crippen molar-refractivity contribution in [2.45, 2.75) is 6.42 Å². The fraction of sp³-hybridized carbons (Fsp3) is 0.462. The zero-order valence-corrected chi connectivity index (χ0v) is 10.8.